The average molecular weight is 482 g/mol. The average Bonchev–Trinajstić information content (AvgIpc) is 3.29. The molecule has 2 rings (SSSR count). The normalized spacial score (nSPS) is 14.4. The van der Waals surface area contributed by atoms with Crippen LogP contribution in [0.1, 0.15) is 18.4 Å². The smallest absolute Gasteiger partial charge is 0.193 e. The predicted molar refractivity (Wildman–Crippen MR) is 106 cm³/mol. The lowest BCUT2D eigenvalue weighted by molar-refractivity contribution is 0.128. The highest BCUT2D eigenvalue weighted by Gasteiger charge is 2.20. The summed E-state index contributed by atoms with van der Waals surface area (Å²) in [5.41, 5.74) is 1.26. The second kappa shape index (κ2) is 10.4. The lowest BCUT2D eigenvalue weighted by Crippen LogP contribution is -2.40. The van der Waals surface area contributed by atoms with Crippen molar-refractivity contribution in [1.82, 2.24) is 10.2 Å². The van der Waals surface area contributed by atoms with Gasteiger partial charge in [0.15, 0.2) is 5.96 Å². The fourth-order valence-corrected chi connectivity index (χ4v) is 2.36. The number of benzene rings is 1. The molecule has 0 saturated heterocycles. The van der Waals surface area contributed by atoms with E-state index in [0.717, 1.165) is 42.7 Å². The first-order valence-corrected chi connectivity index (χ1v) is 8.22. The topological polar surface area (TPSA) is 36.9 Å². The van der Waals surface area contributed by atoms with Crippen LogP contribution in [0.3, 0.4) is 0 Å². The number of nitrogens with one attached hydrogen (secondary N) is 1. The summed E-state index contributed by atoms with van der Waals surface area (Å²) < 4.78 is 6.72. The number of guanidine groups is 1. The van der Waals surface area contributed by atoms with Gasteiger partial charge in [-0.05, 0) is 36.5 Å². The summed E-state index contributed by atoms with van der Waals surface area (Å²) in [7, 11) is 3.86. The lowest BCUT2D eigenvalue weighted by atomic mass is 10.2. The molecule has 1 aliphatic rings. The summed E-state index contributed by atoms with van der Waals surface area (Å²) in [5.74, 6) is 1.72. The minimum absolute atomic E-state index is 0. The number of rotatable bonds is 7. The van der Waals surface area contributed by atoms with E-state index in [4.69, 9.17) is 4.74 Å². The molecule has 1 aliphatic carbocycles. The van der Waals surface area contributed by atoms with Crippen LogP contribution in [0.5, 0.6) is 0 Å². The van der Waals surface area contributed by atoms with E-state index in [9.17, 15) is 0 Å². The molecule has 0 radical (unpaired) electrons. The van der Waals surface area contributed by atoms with Gasteiger partial charge in [-0.25, -0.2) is 0 Å². The second-order valence-corrected chi connectivity index (χ2v) is 6.39. The zero-order valence-corrected chi connectivity index (χ0v) is 17.1. The van der Waals surface area contributed by atoms with Gasteiger partial charge in [-0.2, -0.15) is 0 Å². The Kier molecular flexibility index (Phi) is 9.35. The number of ether oxygens (including phenoxy) is 1. The second-order valence-electron chi connectivity index (χ2n) is 5.47. The van der Waals surface area contributed by atoms with E-state index in [1.807, 2.05) is 14.1 Å². The summed E-state index contributed by atoms with van der Waals surface area (Å²) in [4.78, 5) is 6.43. The van der Waals surface area contributed by atoms with Crippen molar-refractivity contribution in [2.75, 3.05) is 33.9 Å². The van der Waals surface area contributed by atoms with E-state index in [0.29, 0.717) is 0 Å². The molecule has 0 bridgehead atoms. The van der Waals surface area contributed by atoms with Crippen molar-refractivity contribution in [3.63, 3.8) is 0 Å². The first-order valence-electron chi connectivity index (χ1n) is 7.43. The summed E-state index contributed by atoms with van der Waals surface area (Å²) in [6, 6.07) is 8.36. The Bertz CT molecular complexity index is 463. The molecule has 0 atom stereocenters. The van der Waals surface area contributed by atoms with Crippen LogP contribution in [0.25, 0.3) is 0 Å². The minimum Gasteiger partial charge on any atom is -0.379 e. The SMILES string of the molecule is CN=C(NCCOCC1CC1)N(C)Cc1ccc(Br)cc1.I. The first kappa shape index (κ1) is 19.7. The molecule has 1 fully saturated rings. The highest BCUT2D eigenvalue weighted by Crippen LogP contribution is 2.28. The van der Waals surface area contributed by atoms with Crippen LogP contribution in [-0.4, -0.2) is 44.7 Å². The van der Waals surface area contributed by atoms with Gasteiger partial charge in [0.05, 0.1) is 6.61 Å². The Morgan fingerprint density at radius 2 is 2.05 bits per heavy atom. The molecule has 0 spiro atoms. The van der Waals surface area contributed by atoms with Gasteiger partial charge in [0.25, 0.3) is 0 Å². The molecule has 0 aliphatic heterocycles. The fraction of sp³-hybridized carbons (Fsp3) is 0.562. The third-order valence-electron chi connectivity index (χ3n) is 3.49. The van der Waals surface area contributed by atoms with Crippen LogP contribution < -0.4 is 5.32 Å². The molecule has 22 heavy (non-hydrogen) atoms. The maximum absolute atomic E-state index is 5.62. The van der Waals surface area contributed by atoms with Crippen LogP contribution in [0.15, 0.2) is 33.7 Å². The van der Waals surface area contributed by atoms with Crippen LogP contribution in [0, 0.1) is 5.92 Å². The third kappa shape index (κ3) is 7.28. The van der Waals surface area contributed by atoms with Crippen molar-refractivity contribution in [3.05, 3.63) is 34.3 Å². The maximum Gasteiger partial charge on any atom is 0.193 e. The van der Waals surface area contributed by atoms with Crippen molar-refractivity contribution in [1.29, 1.82) is 0 Å². The Labute approximate surface area is 158 Å². The molecule has 1 aromatic rings. The monoisotopic (exact) mass is 481 g/mol. The van der Waals surface area contributed by atoms with Gasteiger partial charge in [0.2, 0.25) is 0 Å². The molecule has 0 heterocycles. The number of aliphatic imine (C=N–C) groups is 1. The highest BCUT2D eigenvalue weighted by molar-refractivity contribution is 14.0. The van der Waals surface area contributed by atoms with Crippen molar-refractivity contribution < 1.29 is 4.74 Å². The van der Waals surface area contributed by atoms with Crippen molar-refractivity contribution in [3.8, 4) is 0 Å². The lowest BCUT2D eigenvalue weighted by Gasteiger charge is -2.22. The van der Waals surface area contributed by atoms with E-state index in [2.05, 4.69) is 55.4 Å². The van der Waals surface area contributed by atoms with Gasteiger partial charge in [-0.15, -0.1) is 24.0 Å². The fourth-order valence-electron chi connectivity index (χ4n) is 2.09. The molecular formula is C16H25BrIN3O. The zero-order chi connectivity index (χ0) is 15.1. The van der Waals surface area contributed by atoms with E-state index in [-0.39, 0.29) is 24.0 Å². The Balaban J connectivity index is 0.00000242. The number of hydrogen-bond acceptors (Lipinski definition) is 2. The molecule has 1 aromatic carbocycles. The van der Waals surface area contributed by atoms with Crippen molar-refractivity contribution >= 4 is 45.9 Å². The Morgan fingerprint density at radius 1 is 1.36 bits per heavy atom. The van der Waals surface area contributed by atoms with E-state index in [1.165, 1.54) is 18.4 Å². The molecule has 0 amide bonds. The van der Waals surface area contributed by atoms with Gasteiger partial charge in [-0.1, -0.05) is 28.1 Å². The van der Waals surface area contributed by atoms with Crippen LogP contribution in [0.2, 0.25) is 0 Å². The summed E-state index contributed by atoms with van der Waals surface area (Å²) in [5, 5.41) is 3.34. The molecule has 4 nitrogen and oxygen atoms in total. The van der Waals surface area contributed by atoms with E-state index in [1.54, 1.807) is 0 Å². The highest BCUT2D eigenvalue weighted by atomic mass is 127. The van der Waals surface area contributed by atoms with Gasteiger partial charge in [-0.3, -0.25) is 4.99 Å². The molecule has 6 heteroatoms. The Hall–Kier alpha value is -0.340. The van der Waals surface area contributed by atoms with Crippen LogP contribution >= 0.6 is 39.9 Å². The largest absolute Gasteiger partial charge is 0.379 e. The van der Waals surface area contributed by atoms with Crippen molar-refractivity contribution in [2.45, 2.75) is 19.4 Å². The van der Waals surface area contributed by atoms with Crippen LogP contribution in [-0.2, 0) is 11.3 Å². The number of hydrogen-bond donors (Lipinski definition) is 1. The molecule has 0 aromatic heterocycles. The molecule has 1 saturated carbocycles. The quantitative estimate of drug-likeness (QED) is 0.280. The predicted octanol–water partition coefficient (Wildman–Crippen LogP) is 3.50. The van der Waals surface area contributed by atoms with E-state index >= 15 is 0 Å². The summed E-state index contributed by atoms with van der Waals surface area (Å²) >= 11 is 3.45. The summed E-state index contributed by atoms with van der Waals surface area (Å²) in [6.07, 6.45) is 2.68. The number of nitrogens with zero attached hydrogens (tertiary/aromatic N) is 2. The van der Waals surface area contributed by atoms with Gasteiger partial charge < -0.3 is 15.0 Å². The van der Waals surface area contributed by atoms with Crippen molar-refractivity contribution in [2.24, 2.45) is 10.9 Å². The van der Waals surface area contributed by atoms with Gasteiger partial charge in [0, 0.05) is 38.3 Å². The zero-order valence-electron chi connectivity index (χ0n) is 13.2. The number of halogens is 2. The molecule has 1 N–H and O–H groups in total. The molecular weight excluding hydrogens is 457 g/mol. The summed E-state index contributed by atoms with van der Waals surface area (Å²) in [6.45, 7) is 3.27. The van der Waals surface area contributed by atoms with Gasteiger partial charge >= 0.3 is 0 Å². The Morgan fingerprint density at radius 3 is 2.64 bits per heavy atom. The van der Waals surface area contributed by atoms with Crippen LogP contribution in [0.4, 0.5) is 0 Å². The minimum atomic E-state index is 0. The molecule has 0 unspecified atom stereocenters. The molecule has 124 valence electrons. The third-order valence-corrected chi connectivity index (χ3v) is 4.02. The standard InChI is InChI=1S/C16H24BrN3O.HI/c1-18-16(19-9-10-21-12-14-3-4-14)20(2)11-13-5-7-15(17)8-6-13;/h5-8,14H,3-4,9-12H2,1-2H3,(H,18,19);1H. The first-order chi connectivity index (χ1) is 10.2. The van der Waals surface area contributed by atoms with Gasteiger partial charge in [0.1, 0.15) is 0 Å². The van der Waals surface area contributed by atoms with E-state index < -0.39 is 0 Å². The maximum atomic E-state index is 5.62.